The van der Waals surface area contributed by atoms with E-state index < -0.39 is 11.9 Å². The molecule has 14 heteroatoms. The van der Waals surface area contributed by atoms with Gasteiger partial charge in [-0.15, -0.1) is 0 Å². The van der Waals surface area contributed by atoms with Crippen LogP contribution in [0.15, 0.2) is 83.8 Å². The summed E-state index contributed by atoms with van der Waals surface area (Å²) >= 11 is 0. The molecule has 298 valence electrons. The first kappa shape index (κ1) is 38.6. The summed E-state index contributed by atoms with van der Waals surface area (Å²) < 4.78 is 22.4. The van der Waals surface area contributed by atoms with Gasteiger partial charge in [-0.25, -0.2) is 13.9 Å². The van der Waals surface area contributed by atoms with E-state index in [4.69, 9.17) is 4.52 Å². The Kier molecular flexibility index (Phi) is 10.6. The normalized spacial score (nSPS) is 16.7. The molecule has 2 aliphatic rings. The van der Waals surface area contributed by atoms with Crippen molar-refractivity contribution < 1.29 is 23.3 Å². The van der Waals surface area contributed by atoms with Gasteiger partial charge in [0.05, 0.1) is 11.2 Å². The van der Waals surface area contributed by atoms with Crippen molar-refractivity contribution in [3.8, 4) is 22.4 Å². The van der Waals surface area contributed by atoms with Crippen LogP contribution in [-0.2, 0) is 28.1 Å². The Hall–Kier alpha value is -6.28. The van der Waals surface area contributed by atoms with Crippen molar-refractivity contribution in [2.45, 2.75) is 83.8 Å². The molecule has 3 aromatic carbocycles. The molecule has 3 N–H and O–H groups in total. The first-order valence-corrected chi connectivity index (χ1v) is 19.6. The van der Waals surface area contributed by atoms with E-state index in [9.17, 15) is 14.4 Å². The highest BCUT2D eigenvalue weighted by Crippen LogP contribution is 2.33. The van der Waals surface area contributed by atoms with Gasteiger partial charge in [0.15, 0.2) is 0 Å². The van der Waals surface area contributed by atoms with E-state index in [-0.39, 0.29) is 41.2 Å². The minimum atomic E-state index is -0.548. The van der Waals surface area contributed by atoms with Gasteiger partial charge in [0.2, 0.25) is 17.7 Å². The Bertz CT molecular complexity index is 2500. The van der Waals surface area contributed by atoms with E-state index in [2.05, 4.69) is 77.5 Å². The van der Waals surface area contributed by atoms with Crippen LogP contribution in [0.2, 0.25) is 0 Å². The number of carbonyl (C=O) groups excluding carboxylic acids is 3. The molecule has 0 radical (unpaired) electrons. The number of imide groups is 1. The number of amides is 3. The Balaban J connectivity index is 0.866. The second kappa shape index (κ2) is 15.9. The molecule has 2 saturated heterocycles. The molecule has 8 rings (SSSR count). The molecule has 58 heavy (non-hydrogen) atoms. The van der Waals surface area contributed by atoms with Gasteiger partial charge in [0.1, 0.15) is 18.2 Å². The van der Waals surface area contributed by atoms with Crippen LogP contribution in [0, 0.1) is 12.7 Å². The Morgan fingerprint density at radius 3 is 2.45 bits per heavy atom. The van der Waals surface area contributed by atoms with Gasteiger partial charge in [-0.1, -0.05) is 68.4 Å². The third kappa shape index (κ3) is 8.37. The molecule has 0 saturated carbocycles. The number of carbonyl (C=O) groups is 3. The summed E-state index contributed by atoms with van der Waals surface area (Å²) in [6.07, 6.45) is 5.94. The number of benzene rings is 3. The summed E-state index contributed by atoms with van der Waals surface area (Å²) in [5.41, 5.74) is 8.81. The molecule has 2 fully saturated rings. The number of nitrogens with one attached hydrogen (secondary N) is 3. The lowest BCUT2D eigenvalue weighted by atomic mass is 9.88. The minimum Gasteiger partial charge on any atom is -0.374 e. The average Bonchev–Trinajstić information content (AvgIpc) is 3.89. The number of aryl methyl sites for hydroxylation is 1. The summed E-state index contributed by atoms with van der Waals surface area (Å²) in [7, 11) is 0. The van der Waals surface area contributed by atoms with Crippen LogP contribution in [0.25, 0.3) is 27.9 Å². The summed E-state index contributed by atoms with van der Waals surface area (Å²) in [5, 5.41) is 16.6. The molecule has 5 heterocycles. The van der Waals surface area contributed by atoms with Gasteiger partial charge in [0.25, 0.3) is 11.7 Å². The Morgan fingerprint density at radius 2 is 1.74 bits per heavy atom. The fourth-order valence-electron chi connectivity index (χ4n) is 7.67. The maximum Gasteiger partial charge on any atom is 0.292 e. The molecule has 3 amide bonds. The van der Waals surface area contributed by atoms with Crippen LogP contribution in [0.3, 0.4) is 0 Å². The van der Waals surface area contributed by atoms with Crippen molar-refractivity contribution >= 4 is 28.9 Å². The molecular formula is C44H46FN9O4. The standard InChI is InChI=1S/C44H46FN9O4/c1-26-19-30(9-10-31(26)22-46-42(57)40-51-43(58-52-40)44(2,3)4)39-37-20-32(24-54(37)48-25-47-39)28-7-5-27(6-8-28)23-53-17-15-29(16-18-53)34-12-11-33(21-35(34)45)49-36-13-14-38(55)50-41(36)56/h5-12,19-21,24-25,29,36,49H,13-18,22-23H2,1-4H3,(H,46,57)(H,50,55,56). The molecule has 2 aliphatic heterocycles. The number of aromatic nitrogens is 5. The van der Waals surface area contributed by atoms with Crippen molar-refractivity contribution in [3.05, 3.63) is 119 Å². The molecule has 1 atom stereocenters. The maximum atomic E-state index is 15.3. The SMILES string of the molecule is Cc1cc(-c2ncnn3cc(-c4ccc(CN5CCC(c6ccc(NC7CCC(=O)NC7=O)cc6F)CC5)cc4)cc23)ccc1CNC(=O)c1noc(C(C)(C)C)n1. The lowest BCUT2D eigenvalue weighted by Crippen LogP contribution is -2.47. The van der Waals surface area contributed by atoms with Gasteiger partial charge < -0.3 is 15.2 Å². The maximum absolute atomic E-state index is 15.3. The highest BCUT2D eigenvalue weighted by atomic mass is 19.1. The predicted molar refractivity (Wildman–Crippen MR) is 216 cm³/mol. The zero-order valence-corrected chi connectivity index (χ0v) is 33.0. The second-order valence-electron chi connectivity index (χ2n) is 16.3. The number of likely N-dealkylation sites (tertiary alicyclic amines) is 1. The first-order chi connectivity index (χ1) is 27.9. The van der Waals surface area contributed by atoms with Crippen molar-refractivity contribution in [2.24, 2.45) is 0 Å². The minimum absolute atomic E-state index is 0.0144. The van der Waals surface area contributed by atoms with Gasteiger partial charge in [-0.3, -0.25) is 24.6 Å². The highest BCUT2D eigenvalue weighted by Gasteiger charge is 2.28. The largest absolute Gasteiger partial charge is 0.374 e. The van der Waals surface area contributed by atoms with Crippen LogP contribution < -0.4 is 16.0 Å². The Labute approximate surface area is 335 Å². The molecule has 6 aromatic rings. The molecular weight excluding hydrogens is 738 g/mol. The number of anilines is 1. The number of rotatable bonds is 10. The molecule has 1 unspecified atom stereocenters. The fourth-order valence-corrected chi connectivity index (χ4v) is 7.67. The van der Waals surface area contributed by atoms with Gasteiger partial charge >= 0.3 is 0 Å². The van der Waals surface area contributed by atoms with Crippen LogP contribution in [0.5, 0.6) is 0 Å². The van der Waals surface area contributed by atoms with E-state index >= 15 is 4.39 Å². The van der Waals surface area contributed by atoms with Crippen LogP contribution in [0.1, 0.15) is 91.1 Å². The average molecular weight is 784 g/mol. The summed E-state index contributed by atoms with van der Waals surface area (Å²) in [4.78, 5) is 47.6. The van der Waals surface area contributed by atoms with Crippen molar-refractivity contribution in [1.82, 2.24) is 40.3 Å². The summed E-state index contributed by atoms with van der Waals surface area (Å²) in [5.74, 6) is -0.767. The fraction of sp³-hybridized carbons (Fsp3) is 0.341. The number of nitrogens with zero attached hydrogens (tertiary/aromatic N) is 6. The Morgan fingerprint density at radius 1 is 0.966 bits per heavy atom. The smallest absolute Gasteiger partial charge is 0.292 e. The molecule has 0 spiro atoms. The third-order valence-corrected chi connectivity index (χ3v) is 11.0. The number of hydrogen-bond donors (Lipinski definition) is 3. The van der Waals surface area contributed by atoms with Gasteiger partial charge in [-0.05, 0) is 97.3 Å². The van der Waals surface area contributed by atoms with Crippen molar-refractivity contribution in [3.63, 3.8) is 0 Å². The number of halogens is 1. The monoisotopic (exact) mass is 783 g/mol. The van der Waals surface area contributed by atoms with E-state index in [1.165, 1.54) is 11.6 Å². The lowest BCUT2D eigenvalue weighted by Gasteiger charge is -2.32. The first-order valence-electron chi connectivity index (χ1n) is 19.6. The van der Waals surface area contributed by atoms with Crippen LogP contribution in [0.4, 0.5) is 10.1 Å². The van der Waals surface area contributed by atoms with Crippen LogP contribution in [-0.4, -0.2) is 66.5 Å². The zero-order chi connectivity index (χ0) is 40.6. The van der Waals surface area contributed by atoms with E-state index in [0.717, 1.165) is 71.5 Å². The molecule has 0 bridgehead atoms. The van der Waals surface area contributed by atoms with Crippen molar-refractivity contribution in [2.75, 3.05) is 18.4 Å². The number of hydrogen-bond acceptors (Lipinski definition) is 10. The second-order valence-corrected chi connectivity index (χ2v) is 16.3. The predicted octanol–water partition coefficient (Wildman–Crippen LogP) is 6.72. The summed E-state index contributed by atoms with van der Waals surface area (Å²) in [6, 6.07) is 21.3. The quantitative estimate of drug-likeness (QED) is 0.127. The third-order valence-electron chi connectivity index (χ3n) is 11.0. The number of fused-ring (bicyclic) bond motifs is 1. The molecule has 0 aliphatic carbocycles. The molecule has 3 aromatic heterocycles. The van der Waals surface area contributed by atoms with E-state index in [1.54, 1.807) is 6.33 Å². The lowest BCUT2D eigenvalue weighted by molar-refractivity contribution is -0.133. The molecule has 13 nitrogen and oxygen atoms in total. The zero-order valence-electron chi connectivity index (χ0n) is 33.0. The van der Waals surface area contributed by atoms with Crippen molar-refractivity contribution in [1.29, 1.82) is 0 Å². The van der Waals surface area contributed by atoms with Gasteiger partial charge in [-0.2, -0.15) is 10.1 Å². The number of piperidine rings is 2. The van der Waals surface area contributed by atoms with E-state index in [1.807, 2.05) is 62.7 Å². The van der Waals surface area contributed by atoms with Gasteiger partial charge in [0, 0.05) is 47.9 Å². The topological polar surface area (TPSA) is 160 Å². The van der Waals surface area contributed by atoms with Crippen LogP contribution >= 0.6 is 0 Å². The van der Waals surface area contributed by atoms with E-state index in [0.29, 0.717) is 30.1 Å². The summed E-state index contributed by atoms with van der Waals surface area (Å²) in [6.45, 7) is 10.7. The highest BCUT2D eigenvalue weighted by molar-refractivity contribution is 6.01.